The highest BCUT2D eigenvalue weighted by molar-refractivity contribution is 5.94. The summed E-state index contributed by atoms with van der Waals surface area (Å²) in [6, 6.07) is 13.4. The molecule has 43 heavy (non-hydrogen) atoms. The van der Waals surface area contributed by atoms with E-state index in [4.69, 9.17) is 18.6 Å². The average molecular weight is 591 g/mol. The molecule has 3 aromatic carbocycles. The molecule has 3 N–H and O–H groups in total. The summed E-state index contributed by atoms with van der Waals surface area (Å²) in [7, 11) is 6.33. The van der Waals surface area contributed by atoms with E-state index in [9.17, 15) is 24.9 Å². The molecular formula is C32H34N2O9. The van der Waals surface area contributed by atoms with Crippen LogP contribution in [0.4, 0.5) is 0 Å². The van der Waals surface area contributed by atoms with Gasteiger partial charge in [0.15, 0.2) is 28.4 Å². The van der Waals surface area contributed by atoms with Crippen molar-refractivity contribution in [2.24, 2.45) is 0 Å². The van der Waals surface area contributed by atoms with Crippen molar-refractivity contribution in [1.82, 2.24) is 9.80 Å². The van der Waals surface area contributed by atoms with Crippen molar-refractivity contribution in [3.8, 4) is 45.8 Å². The Morgan fingerprint density at radius 2 is 1.56 bits per heavy atom. The minimum atomic E-state index is -1.02. The monoisotopic (exact) mass is 590 g/mol. The third kappa shape index (κ3) is 5.39. The Labute approximate surface area is 248 Å². The molecule has 2 heterocycles. The molecule has 5 rings (SSSR count). The SMILES string of the molecule is COc1ccc(C(CC(=O)N2CCN(C)CC2)c2c(O)c(O)c(O)c3c(=O)cc(-c4ccccc4)oc23)c(OC)c1OC. The predicted molar refractivity (Wildman–Crippen MR) is 160 cm³/mol. The largest absolute Gasteiger partial charge is 0.504 e. The summed E-state index contributed by atoms with van der Waals surface area (Å²) in [6.07, 6.45) is -0.193. The number of phenolic OH excluding ortho intramolecular Hbond substituents is 3. The van der Waals surface area contributed by atoms with Crippen LogP contribution in [0.5, 0.6) is 34.5 Å². The van der Waals surface area contributed by atoms with E-state index in [1.165, 1.54) is 27.4 Å². The lowest BCUT2D eigenvalue weighted by atomic mass is 9.84. The number of likely N-dealkylation sites (N-methyl/N-ethyl adjacent to an activating group) is 1. The maximum Gasteiger partial charge on any atom is 0.223 e. The number of benzene rings is 3. The number of rotatable bonds is 8. The summed E-state index contributed by atoms with van der Waals surface area (Å²) in [4.78, 5) is 31.1. The van der Waals surface area contributed by atoms with E-state index in [0.717, 1.165) is 0 Å². The highest BCUT2D eigenvalue weighted by Crippen LogP contribution is 2.52. The van der Waals surface area contributed by atoms with Gasteiger partial charge in [0.05, 0.1) is 21.3 Å². The van der Waals surface area contributed by atoms with Gasteiger partial charge in [-0.25, -0.2) is 0 Å². The first kappa shape index (κ1) is 29.6. The first-order valence-corrected chi connectivity index (χ1v) is 13.7. The minimum Gasteiger partial charge on any atom is -0.504 e. The van der Waals surface area contributed by atoms with Crippen molar-refractivity contribution in [2.75, 3.05) is 54.6 Å². The first-order valence-electron chi connectivity index (χ1n) is 13.7. The van der Waals surface area contributed by atoms with Gasteiger partial charge in [-0.15, -0.1) is 0 Å². The van der Waals surface area contributed by atoms with E-state index in [2.05, 4.69) is 4.90 Å². The Kier molecular flexibility index (Phi) is 8.36. The fraction of sp³-hybridized carbons (Fsp3) is 0.312. The second-order valence-electron chi connectivity index (χ2n) is 10.4. The second kappa shape index (κ2) is 12.1. The van der Waals surface area contributed by atoms with Crippen LogP contribution in [0.1, 0.15) is 23.5 Å². The Morgan fingerprint density at radius 1 is 0.884 bits per heavy atom. The molecule has 1 aliphatic heterocycles. The van der Waals surface area contributed by atoms with Crippen LogP contribution in [0.15, 0.2) is 57.7 Å². The van der Waals surface area contributed by atoms with E-state index in [1.54, 1.807) is 41.3 Å². The molecule has 0 spiro atoms. The minimum absolute atomic E-state index is 0.0619. The van der Waals surface area contributed by atoms with Crippen LogP contribution in [-0.4, -0.2) is 85.6 Å². The molecule has 0 bridgehead atoms. The second-order valence-corrected chi connectivity index (χ2v) is 10.4. The summed E-state index contributed by atoms with van der Waals surface area (Å²) >= 11 is 0. The van der Waals surface area contributed by atoms with E-state index in [1.807, 2.05) is 13.1 Å². The molecule has 1 unspecified atom stereocenters. The lowest BCUT2D eigenvalue weighted by Crippen LogP contribution is -2.47. The number of methoxy groups -OCH3 is 3. The number of piperazine rings is 1. The molecule has 1 amide bonds. The van der Waals surface area contributed by atoms with Gasteiger partial charge < -0.3 is 43.7 Å². The fourth-order valence-electron chi connectivity index (χ4n) is 5.57. The number of amides is 1. The van der Waals surface area contributed by atoms with E-state index >= 15 is 0 Å². The number of carbonyl (C=O) groups excluding carboxylic acids is 1. The van der Waals surface area contributed by atoms with Crippen molar-refractivity contribution in [3.05, 3.63) is 69.9 Å². The normalized spacial score (nSPS) is 14.5. The number of nitrogens with zero attached hydrogens (tertiary/aromatic N) is 2. The molecule has 1 saturated heterocycles. The number of hydrogen-bond acceptors (Lipinski definition) is 10. The Balaban J connectivity index is 1.81. The fourth-order valence-corrected chi connectivity index (χ4v) is 5.57. The zero-order valence-electron chi connectivity index (χ0n) is 24.4. The summed E-state index contributed by atoms with van der Waals surface area (Å²) in [5, 5.41) is 32.7. The average Bonchev–Trinajstić information content (AvgIpc) is 3.02. The standard InChI is InChI=1S/C32H34N2O9/c1-33-12-14-34(15-13-33)24(36)16-20(19-10-11-22(40-2)31(42-4)30(19)41-3)25-27(37)29(39)28(38)26-21(35)17-23(43-32(25)26)18-8-6-5-7-9-18/h5-11,17,20,37-39H,12-16H2,1-4H3. The molecule has 1 aromatic heterocycles. The molecule has 1 aliphatic rings. The van der Waals surface area contributed by atoms with Crippen molar-refractivity contribution in [3.63, 3.8) is 0 Å². The Morgan fingerprint density at radius 3 is 2.19 bits per heavy atom. The molecule has 0 aliphatic carbocycles. The number of fused-ring (bicyclic) bond motifs is 1. The third-order valence-corrected chi connectivity index (χ3v) is 7.88. The topological polar surface area (TPSA) is 142 Å². The van der Waals surface area contributed by atoms with E-state index in [-0.39, 0.29) is 46.1 Å². The first-order chi connectivity index (χ1) is 20.7. The molecule has 0 saturated carbocycles. The van der Waals surface area contributed by atoms with Gasteiger partial charge in [0.25, 0.3) is 0 Å². The zero-order valence-corrected chi connectivity index (χ0v) is 24.4. The van der Waals surface area contributed by atoms with Gasteiger partial charge in [0, 0.05) is 61.3 Å². The van der Waals surface area contributed by atoms with Gasteiger partial charge in [-0.05, 0) is 13.1 Å². The highest BCUT2D eigenvalue weighted by atomic mass is 16.5. The molecule has 1 atom stereocenters. The summed E-state index contributed by atoms with van der Waals surface area (Å²) in [5.74, 6) is -2.70. The van der Waals surface area contributed by atoms with E-state index < -0.39 is 28.6 Å². The molecule has 4 aromatic rings. The molecule has 11 heteroatoms. The molecule has 0 radical (unpaired) electrons. The van der Waals surface area contributed by atoms with Crippen LogP contribution in [0, 0.1) is 0 Å². The van der Waals surface area contributed by atoms with Crippen molar-refractivity contribution in [1.29, 1.82) is 0 Å². The Bertz CT molecular complexity index is 1710. The van der Waals surface area contributed by atoms with E-state index in [0.29, 0.717) is 43.1 Å². The molecule has 226 valence electrons. The van der Waals surface area contributed by atoms with Crippen LogP contribution in [0.2, 0.25) is 0 Å². The smallest absolute Gasteiger partial charge is 0.223 e. The van der Waals surface area contributed by atoms with Gasteiger partial charge in [-0.1, -0.05) is 36.4 Å². The summed E-state index contributed by atoms with van der Waals surface area (Å²) in [6.45, 7) is 2.40. The number of ether oxygens (including phenoxy) is 3. The lowest BCUT2D eigenvalue weighted by Gasteiger charge is -2.33. The van der Waals surface area contributed by atoms with Gasteiger partial charge in [0.1, 0.15) is 16.7 Å². The maximum atomic E-state index is 13.8. The van der Waals surface area contributed by atoms with Gasteiger partial charge >= 0.3 is 0 Å². The molecule has 11 nitrogen and oxygen atoms in total. The van der Waals surface area contributed by atoms with Gasteiger partial charge in [-0.3, -0.25) is 9.59 Å². The predicted octanol–water partition coefficient (Wildman–Crippen LogP) is 3.90. The van der Waals surface area contributed by atoms with Crippen LogP contribution < -0.4 is 19.6 Å². The summed E-state index contributed by atoms with van der Waals surface area (Å²) < 4.78 is 23.0. The van der Waals surface area contributed by atoms with Crippen LogP contribution in [0.3, 0.4) is 0 Å². The summed E-state index contributed by atoms with van der Waals surface area (Å²) in [5.41, 5.74) is 0.100. The van der Waals surface area contributed by atoms with Crippen molar-refractivity contribution in [2.45, 2.75) is 12.3 Å². The van der Waals surface area contributed by atoms with Crippen LogP contribution >= 0.6 is 0 Å². The molecular weight excluding hydrogens is 556 g/mol. The highest BCUT2D eigenvalue weighted by Gasteiger charge is 2.35. The quantitative estimate of drug-likeness (QED) is 0.259. The van der Waals surface area contributed by atoms with Crippen LogP contribution in [-0.2, 0) is 4.79 Å². The van der Waals surface area contributed by atoms with Crippen molar-refractivity contribution >= 4 is 16.9 Å². The lowest BCUT2D eigenvalue weighted by molar-refractivity contribution is -0.133. The number of aromatic hydroxyl groups is 3. The van der Waals surface area contributed by atoms with Gasteiger partial charge in [0.2, 0.25) is 17.4 Å². The number of carbonyl (C=O) groups is 1. The van der Waals surface area contributed by atoms with Crippen molar-refractivity contribution < 1.29 is 38.7 Å². The third-order valence-electron chi connectivity index (χ3n) is 7.88. The van der Waals surface area contributed by atoms with Gasteiger partial charge in [-0.2, -0.15) is 0 Å². The molecule has 1 fully saturated rings. The zero-order chi connectivity index (χ0) is 30.8. The Hall–Kier alpha value is -4.90. The maximum absolute atomic E-state index is 13.8. The number of hydrogen-bond donors (Lipinski definition) is 3. The van der Waals surface area contributed by atoms with Crippen LogP contribution in [0.25, 0.3) is 22.3 Å². The number of phenols is 3.